The van der Waals surface area contributed by atoms with Crippen molar-refractivity contribution in [3.05, 3.63) is 29.8 Å². The molecule has 0 unspecified atom stereocenters. The minimum atomic E-state index is -0.880. The van der Waals surface area contributed by atoms with Crippen LogP contribution in [-0.4, -0.2) is 52.9 Å². The summed E-state index contributed by atoms with van der Waals surface area (Å²) in [4.78, 5) is 13.7. The summed E-state index contributed by atoms with van der Waals surface area (Å²) in [6, 6.07) is 2.81. The number of halogens is 2. The Morgan fingerprint density at radius 2 is 2.26 bits per heavy atom. The standard InChI is InChI=1S/C15H20F2N2O3S/c1-11-9-19(5-7-23(21)10-11)15(20)18-4-6-22-14-3-2-12(16)8-13(14)17/h2-3,8,11H,4-7,9-10H2,1H3,(H,18,20)/t11-,23+/m1/s1. The molecule has 1 aromatic carbocycles. The van der Waals surface area contributed by atoms with E-state index in [1.54, 1.807) is 4.90 Å². The van der Waals surface area contributed by atoms with Gasteiger partial charge in [0, 0.05) is 41.5 Å². The van der Waals surface area contributed by atoms with Crippen LogP contribution in [-0.2, 0) is 10.8 Å². The fourth-order valence-corrected chi connectivity index (χ4v) is 3.67. The maximum absolute atomic E-state index is 13.4. The number of hydrogen-bond acceptors (Lipinski definition) is 3. The van der Waals surface area contributed by atoms with Crippen LogP contribution in [0.3, 0.4) is 0 Å². The Kier molecular flexibility index (Phi) is 6.32. The van der Waals surface area contributed by atoms with Crippen LogP contribution in [0.15, 0.2) is 18.2 Å². The van der Waals surface area contributed by atoms with Crippen molar-refractivity contribution in [3.63, 3.8) is 0 Å². The van der Waals surface area contributed by atoms with Gasteiger partial charge in [-0.15, -0.1) is 0 Å². The molecule has 1 N–H and O–H groups in total. The van der Waals surface area contributed by atoms with Crippen LogP contribution in [0, 0.1) is 17.6 Å². The highest BCUT2D eigenvalue weighted by atomic mass is 32.2. The largest absolute Gasteiger partial charge is 0.489 e. The molecule has 5 nitrogen and oxygen atoms in total. The summed E-state index contributed by atoms with van der Waals surface area (Å²) in [6.45, 7) is 3.25. The van der Waals surface area contributed by atoms with Gasteiger partial charge < -0.3 is 15.0 Å². The average Bonchev–Trinajstić information content (AvgIpc) is 2.65. The molecule has 0 spiro atoms. The third-order valence-electron chi connectivity index (χ3n) is 3.41. The van der Waals surface area contributed by atoms with E-state index in [4.69, 9.17) is 4.74 Å². The van der Waals surface area contributed by atoms with Gasteiger partial charge in [0.15, 0.2) is 11.6 Å². The zero-order chi connectivity index (χ0) is 16.8. The van der Waals surface area contributed by atoms with Gasteiger partial charge in [-0.25, -0.2) is 13.6 Å². The molecule has 0 radical (unpaired) electrons. The molecule has 0 aromatic heterocycles. The van der Waals surface area contributed by atoms with E-state index in [9.17, 15) is 17.8 Å². The average molecular weight is 346 g/mol. The van der Waals surface area contributed by atoms with Crippen LogP contribution in [0.1, 0.15) is 6.92 Å². The number of amides is 2. The van der Waals surface area contributed by atoms with Crippen molar-refractivity contribution in [2.45, 2.75) is 6.92 Å². The predicted molar refractivity (Wildman–Crippen MR) is 83.9 cm³/mol. The summed E-state index contributed by atoms with van der Waals surface area (Å²) in [5, 5.41) is 2.68. The summed E-state index contributed by atoms with van der Waals surface area (Å²) in [5.41, 5.74) is 0. The topological polar surface area (TPSA) is 58.6 Å². The summed E-state index contributed by atoms with van der Waals surface area (Å²) in [6.07, 6.45) is 0. The van der Waals surface area contributed by atoms with Gasteiger partial charge in [0.25, 0.3) is 0 Å². The van der Waals surface area contributed by atoms with Crippen molar-refractivity contribution < 1.29 is 22.5 Å². The lowest BCUT2D eigenvalue weighted by molar-refractivity contribution is 0.192. The molecule has 0 saturated carbocycles. The zero-order valence-electron chi connectivity index (χ0n) is 12.9. The lowest BCUT2D eigenvalue weighted by Gasteiger charge is -2.22. The van der Waals surface area contributed by atoms with E-state index in [-0.39, 0.29) is 30.9 Å². The number of rotatable bonds is 4. The van der Waals surface area contributed by atoms with Crippen molar-refractivity contribution in [1.82, 2.24) is 10.2 Å². The molecule has 2 atom stereocenters. The van der Waals surface area contributed by atoms with Crippen LogP contribution in [0.5, 0.6) is 5.75 Å². The van der Waals surface area contributed by atoms with E-state index in [1.165, 1.54) is 6.07 Å². The second-order valence-electron chi connectivity index (χ2n) is 5.52. The summed E-state index contributed by atoms with van der Waals surface area (Å²) < 4.78 is 42.9. The van der Waals surface area contributed by atoms with Gasteiger partial charge in [0.1, 0.15) is 12.4 Å². The van der Waals surface area contributed by atoms with Crippen molar-refractivity contribution in [3.8, 4) is 5.75 Å². The predicted octanol–water partition coefficient (Wildman–Crippen LogP) is 1.75. The highest BCUT2D eigenvalue weighted by molar-refractivity contribution is 7.85. The number of hydrogen-bond donors (Lipinski definition) is 1. The Morgan fingerprint density at radius 3 is 3.00 bits per heavy atom. The van der Waals surface area contributed by atoms with Crippen molar-refractivity contribution in [1.29, 1.82) is 0 Å². The quantitative estimate of drug-likeness (QED) is 0.845. The maximum Gasteiger partial charge on any atom is 0.317 e. The van der Waals surface area contributed by atoms with Crippen LogP contribution in [0.2, 0.25) is 0 Å². The van der Waals surface area contributed by atoms with E-state index in [2.05, 4.69) is 5.32 Å². The van der Waals surface area contributed by atoms with E-state index in [0.717, 1.165) is 12.1 Å². The van der Waals surface area contributed by atoms with E-state index < -0.39 is 22.4 Å². The minimum Gasteiger partial charge on any atom is -0.489 e. The van der Waals surface area contributed by atoms with Crippen molar-refractivity contribution >= 4 is 16.8 Å². The zero-order valence-corrected chi connectivity index (χ0v) is 13.7. The molecule has 128 valence electrons. The Balaban J connectivity index is 1.75. The summed E-state index contributed by atoms with van der Waals surface area (Å²) in [5.74, 6) is -0.227. The van der Waals surface area contributed by atoms with Gasteiger partial charge in [0.2, 0.25) is 0 Å². The lowest BCUT2D eigenvalue weighted by Crippen LogP contribution is -2.43. The molecule has 23 heavy (non-hydrogen) atoms. The molecule has 2 rings (SSSR count). The Bertz CT molecular complexity index is 586. The number of ether oxygens (including phenoxy) is 1. The number of nitrogens with one attached hydrogen (secondary N) is 1. The molecule has 8 heteroatoms. The normalized spacial score (nSPS) is 21.6. The fraction of sp³-hybridized carbons (Fsp3) is 0.533. The first-order valence-corrected chi connectivity index (χ1v) is 8.90. The minimum absolute atomic E-state index is 0.0561. The molecule has 1 heterocycles. The molecule has 0 aliphatic carbocycles. The smallest absolute Gasteiger partial charge is 0.317 e. The number of urea groups is 1. The van der Waals surface area contributed by atoms with Gasteiger partial charge in [-0.2, -0.15) is 0 Å². The summed E-state index contributed by atoms with van der Waals surface area (Å²) >= 11 is 0. The van der Waals surface area contributed by atoms with Crippen molar-refractivity contribution in [2.24, 2.45) is 5.92 Å². The van der Waals surface area contributed by atoms with Gasteiger partial charge in [0.05, 0.1) is 6.54 Å². The van der Waals surface area contributed by atoms with Gasteiger partial charge >= 0.3 is 6.03 Å². The van der Waals surface area contributed by atoms with Crippen LogP contribution >= 0.6 is 0 Å². The third kappa shape index (κ3) is 5.46. The Morgan fingerprint density at radius 1 is 1.48 bits per heavy atom. The molecule has 1 fully saturated rings. The first-order chi connectivity index (χ1) is 11.0. The van der Waals surface area contributed by atoms with Gasteiger partial charge in [-0.1, -0.05) is 6.92 Å². The molecule has 1 aromatic rings. The molecule has 0 bridgehead atoms. The van der Waals surface area contributed by atoms with E-state index in [1.807, 2.05) is 6.92 Å². The summed E-state index contributed by atoms with van der Waals surface area (Å²) in [7, 11) is -0.880. The molecule has 1 aliphatic rings. The molecule has 2 amide bonds. The number of carbonyl (C=O) groups excluding carboxylic acids is 1. The Hall–Kier alpha value is -1.70. The van der Waals surface area contributed by atoms with Crippen LogP contribution in [0.25, 0.3) is 0 Å². The molecule has 1 aliphatic heterocycles. The second-order valence-corrected chi connectivity index (χ2v) is 7.14. The first-order valence-electron chi connectivity index (χ1n) is 7.41. The van der Waals surface area contributed by atoms with Crippen LogP contribution in [0.4, 0.5) is 13.6 Å². The van der Waals surface area contributed by atoms with Crippen molar-refractivity contribution in [2.75, 3.05) is 37.7 Å². The highest BCUT2D eigenvalue weighted by Gasteiger charge is 2.22. The molecular formula is C15H20F2N2O3S. The second kappa shape index (κ2) is 8.24. The first kappa shape index (κ1) is 17.7. The Labute approximate surface area is 136 Å². The number of carbonyl (C=O) groups is 1. The number of benzene rings is 1. The SMILES string of the molecule is C[C@@H]1CN(C(=O)NCCOc2ccc(F)cc2F)CC[S@](=O)C1. The maximum atomic E-state index is 13.4. The van der Waals surface area contributed by atoms with E-state index in [0.29, 0.717) is 24.6 Å². The third-order valence-corrected chi connectivity index (χ3v) is 4.99. The number of nitrogens with zero attached hydrogens (tertiary/aromatic N) is 1. The van der Waals surface area contributed by atoms with Gasteiger partial charge in [-0.05, 0) is 18.1 Å². The molecular weight excluding hydrogens is 326 g/mol. The monoisotopic (exact) mass is 346 g/mol. The lowest BCUT2D eigenvalue weighted by atomic mass is 10.2. The van der Waals surface area contributed by atoms with Crippen LogP contribution < -0.4 is 10.1 Å². The molecule has 1 saturated heterocycles. The van der Waals surface area contributed by atoms with Gasteiger partial charge in [-0.3, -0.25) is 4.21 Å². The fourth-order valence-electron chi connectivity index (χ4n) is 2.34. The highest BCUT2D eigenvalue weighted by Crippen LogP contribution is 2.17. The van der Waals surface area contributed by atoms with E-state index >= 15 is 0 Å².